The number of carbonyl (C=O) groups is 3. The molecular weight excluding hydrogens is 566 g/mol. The minimum atomic E-state index is -0.988. The summed E-state index contributed by atoms with van der Waals surface area (Å²) >= 11 is 0. The molecule has 0 amide bonds. The number of anilines is 1. The van der Waals surface area contributed by atoms with Gasteiger partial charge in [-0.1, -0.05) is 53.7 Å². The maximum Gasteiger partial charge on any atom is 0.340 e. The van der Waals surface area contributed by atoms with Crippen molar-refractivity contribution >= 4 is 23.7 Å². The molecule has 0 aliphatic heterocycles. The molecule has 12 atom stereocenters. The van der Waals surface area contributed by atoms with Crippen molar-refractivity contribution in [1.82, 2.24) is 0 Å². The fourth-order valence-corrected chi connectivity index (χ4v) is 12.3. The lowest BCUT2D eigenvalue weighted by atomic mass is 9.31. The van der Waals surface area contributed by atoms with Crippen LogP contribution >= 0.6 is 0 Å². The van der Waals surface area contributed by atoms with Crippen LogP contribution in [0, 0.1) is 56.2 Å². The summed E-state index contributed by atoms with van der Waals surface area (Å²) in [5.74, 6) is -0.222. The zero-order valence-electron chi connectivity index (χ0n) is 28.6. The number of benzene rings is 1. The molecule has 7 heteroatoms. The van der Waals surface area contributed by atoms with E-state index in [0.717, 1.165) is 32.0 Å². The summed E-state index contributed by atoms with van der Waals surface area (Å²) in [6, 6.07) is 7.15. The normalized spacial score (nSPS) is 48.6. The van der Waals surface area contributed by atoms with Gasteiger partial charge in [0.05, 0.1) is 23.2 Å². The van der Waals surface area contributed by atoms with Crippen molar-refractivity contribution in [3.05, 3.63) is 29.8 Å². The van der Waals surface area contributed by atoms with Gasteiger partial charge in [-0.25, -0.2) is 4.79 Å². The summed E-state index contributed by atoms with van der Waals surface area (Å²) in [5, 5.41) is 26.2. The highest BCUT2D eigenvalue weighted by molar-refractivity contribution is 5.95. The van der Waals surface area contributed by atoms with Gasteiger partial charge in [0.25, 0.3) is 0 Å². The van der Waals surface area contributed by atoms with E-state index in [9.17, 15) is 24.6 Å². The number of aliphatic hydroxyl groups excluding tert-OH is 2. The summed E-state index contributed by atoms with van der Waals surface area (Å²) in [5.41, 5.74) is -1.51. The predicted molar refractivity (Wildman–Crippen MR) is 173 cm³/mol. The molecule has 1 aromatic rings. The molecule has 0 spiro atoms. The molecule has 6 rings (SSSR count). The van der Waals surface area contributed by atoms with Crippen LogP contribution in [-0.2, 0) is 14.3 Å². The molecule has 0 saturated heterocycles. The molecule has 1 aromatic carbocycles. The summed E-state index contributed by atoms with van der Waals surface area (Å²) in [6.45, 7) is 15.3. The number of aldehydes is 1. The minimum Gasteiger partial charge on any atom is -0.458 e. The third-order valence-corrected chi connectivity index (χ3v) is 15.4. The van der Waals surface area contributed by atoms with Crippen molar-refractivity contribution in [1.29, 1.82) is 0 Å². The second-order valence-electron chi connectivity index (χ2n) is 17.6. The van der Waals surface area contributed by atoms with Crippen molar-refractivity contribution in [2.24, 2.45) is 56.2 Å². The van der Waals surface area contributed by atoms with Gasteiger partial charge in [-0.15, -0.1) is 0 Å². The second-order valence-corrected chi connectivity index (χ2v) is 17.6. The summed E-state index contributed by atoms with van der Waals surface area (Å²) < 4.78 is 6.16. The van der Waals surface area contributed by atoms with Crippen LogP contribution in [-0.4, -0.2) is 53.6 Å². The van der Waals surface area contributed by atoms with E-state index in [1.165, 1.54) is 0 Å². The van der Waals surface area contributed by atoms with E-state index >= 15 is 0 Å². The van der Waals surface area contributed by atoms with Crippen molar-refractivity contribution < 1.29 is 29.3 Å². The Balaban J connectivity index is 1.35. The number of ketones is 1. The average Bonchev–Trinajstić information content (AvgIpc) is 2.98. The fourth-order valence-electron chi connectivity index (χ4n) is 12.3. The van der Waals surface area contributed by atoms with Crippen LogP contribution in [0.2, 0.25) is 0 Å². The number of para-hydroxylation sites is 1. The smallest absolute Gasteiger partial charge is 0.340 e. The zero-order chi connectivity index (χ0) is 33.0. The third-order valence-electron chi connectivity index (χ3n) is 15.4. The van der Waals surface area contributed by atoms with Gasteiger partial charge in [0, 0.05) is 30.5 Å². The van der Waals surface area contributed by atoms with Crippen LogP contribution < -0.4 is 5.32 Å². The molecule has 0 radical (unpaired) electrons. The van der Waals surface area contributed by atoms with Crippen LogP contribution in [0.5, 0.6) is 0 Å². The van der Waals surface area contributed by atoms with Crippen LogP contribution in [0.1, 0.15) is 110 Å². The molecule has 248 valence electrons. The highest BCUT2D eigenvalue weighted by atomic mass is 16.5. The van der Waals surface area contributed by atoms with E-state index in [0.29, 0.717) is 42.9 Å². The molecule has 5 aliphatic rings. The predicted octanol–water partition coefficient (Wildman–Crippen LogP) is 6.45. The lowest BCUT2D eigenvalue weighted by molar-refractivity contribution is -0.265. The molecule has 3 N–H and O–H groups in total. The highest BCUT2D eigenvalue weighted by Gasteiger charge is 2.74. The standard InChI is InChI=1S/C38H55NO6/c1-33(2)26-13-16-37(6)27(35(26,4)15-14-28(33)42)17-25(41)31-23-18-34(3,21-40)30(20-36(23,5)29(43)19-38(31,37)7)45-32(44)22-11-9-10-12-24(22)39-8/h9-12,21,23,26-31,39,42-43H,13-20H2,1-8H3. The number of aliphatic hydroxyl groups is 2. The minimum absolute atomic E-state index is 0.0715. The van der Waals surface area contributed by atoms with Crippen molar-refractivity contribution in [2.75, 3.05) is 12.4 Å². The van der Waals surface area contributed by atoms with Gasteiger partial charge in [0.2, 0.25) is 0 Å². The number of ether oxygens (including phenoxy) is 1. The van der Waals surface area contributed by atoms with Crippen LogP contribution in [0.4, 0.5) is 5.69 Å². The topological polar surface area (TPSA) is 113 Å². The Morgan fingerprint density at radius 3 is 2.24 bits per heavy atom. The van der Waals surface area contributed by atoms with Gasteiger partial charge in [0.15, 0.2) is 0 Å². The largest absolute Gasteiger partial charge is 0.458 e. The first-order valence-electron chi connectivity index (χ1n) is 17.3. The maximum atomic E-state index is 14.7. The van der Waals surface area contributed by atoms with Crippen LogP contribution in [0.15, 0.2) is 24.3 Å². The van der Waals surface area contributed by atoms with E-state index in [2.05, 4.69) is 46.9 Å². The molecule has 0 bridgehead atoms. The summed E-state index contributed by atoms with van der Waals surface area (Å²) in [4.78, 5) is 41.1. The maximum absolute atomic E-state index is 14.7. The molecule has 5 aliphatic carbocycles. The lowest BCUT2D eigenvalue weighted by Gasteiger charge is -2.73. The summed E-state index contributed by atoms with van der Waals surface area (Å²) in [6.07, 6.45) is 4.52. The molecule has 0 aromatic heterocycles. The summed E-state index contributed by atoms with van der Waals surface area (Å²) in [7, 11) is 1.75. The average molecular weight is 622 g/mol. The number of esters is 1. The number of Topliss-reactive ketones (excluding diaryl/α,β-unsaturated/α-hetero) is 1. The molecule has 12 unspecified atom stereocenters. The Morgan fingerprint density at radius 1 is 0.889 bits per heavy atom. The van der Waals surface area contributed by atoms with Crippen LogP contribution in [0.25, 0.3) is 0 Å². The van der Waals surface area contributed by atoms with E-state index in [1.54, 1.807) is 19.2 Å². The van der Waals surface area contributed by atoms with Gasteiger partial charge >= 0.3 is 5.97 Å². The Bertz CT molecular complexity index is 1390. The molecule has 7 nitrogen and oxygen atoms in total. The molecular formula is C38H55NO6. The Labute approximate surface area is 269 Å². The van der Waals surface area contributed by atoms with Gasteiger partial charge in [0.1, 0.15) is 18.2 Å². The van der Waals surface area contributed by atoms with E-state index in [4.69, 9.17) is 4.74 Å². The van der Waals surface area contributed by atoms with Crippen molar-refractivity contribution in [3.8, 4) is 0 Å². The molecule has 5 saturated carbocycles. The van der Waals surface area contributed by atoms with Crippen molar-refractivity contribution in [3.63, 3.8) is 0 Å². The second kappa shape index (κ2) is 10.4. The van der Waals surface area contributed by atoms with Crippen LogP contribution in [0.3, 0.4) is 0 Å². The van der Waals surface area contributed by atoms with E-state index in [1.807, 2.05) is 19.1 Å². The Morgan fingerprint density at radius 2 is 1.58 bits per heavy atom. The van der Waals surface area contributed by atoms with Gasteiger partial charge in [-0.3, -0.25) is 4.79 Å². The number of carbonyl (C=O) groups excluding carboxylic acids is 3. The quantitative estimate of drug-likeness (QED) is 0.261. The zero-order valence-corrected chi connectivity index (χ0v) is 28.6. The highest BCUT2D eigenvalue weighted by Crippen LogP contribution is 2.76. The van der Waals surface area contributed by atoms with E-state index in [-0.39, 0.29) is 45.9 Å². The first-order chi connectivity index (χ1) is 20.9. The van der Waals surface area contributed by atoms with E-state index < -0.39 is 34.4 Å². The first kappa shape index (κ1) is 32.7. The number of nitrogens with one attached hydrogen (secondary N) is 1. The molecule has 0 heterocycles. The lowest BCUT2D eigenvalue weighted by Crippen LogP contribution is -2.71. The third kappa shape index (κ3) is 4.31. The van der Waals surface area contributed by atoms with Gasteiger partial charge < -0.3 is 25.1 Å². The van der Waals surface area contributed by atoms with Crippen molar-refractivity contribution in [2.45, 2.75) is 118 Å². The molecule has 45 heavy (non-hydrogen) atoms. The first-order valence-corrected chi connectivity index (χ1v) is 17.3. The van der Waals surface area contributed by atoms with Gasteiger partial charge in [-0.05, 0) is 103 Å². The molecule has 5 fully saturated rings. The monoisotopic (exact) mass is 621 g/mol. The Hall–Kier alpha value is -2.25. The number of hydrogen-bond donors (Lipinski definition) is 3. The number of rotatable bonds is 4. The SMILES string of the molecule is CNc1ccccc1C(=O)OC1CC2(C)C(O)CC3(C)C(C(=O)CC4C5(C)CCC(O)C(C)(C)C5CCC43C)C2CC1(C)C=O. The number of hydrogen-bond acceptors (Lipinski definition) is 7. The van der Waals surface area contributed by atoms with Gasteiger partial charge in [-0.2, -0.15) is 0 Å². The number of fused-ring (bicyclic) bond motifs is 7. The fraction of sp³-hybridized carbons (Fsp3) is 0.763. The Kier molecular flexibility index (Phi) is 7.53.